The molecule has 0 unspecified atom stereocenters. The van der Waals surface area contributed by atoms with Crippen molar-refractivity contribution in [2.75, 3.05) is 5.73 Å². The van der Waals surface area contributed by atoms with Crippen LogP contribution >= 0.6 is 0 Å². The monoisotopic (exact) mass is 407 g/mol. The lowest BCUT2D eigenvalue weighted by Gasteiger charge is -2.13. The predicted octanol–water partition coefficient (Wildman–Crippen LogP) is 1.65. The van der Waals surface area contributed by atoms with Crippen molar-refractivity contribution in [2.24, 2.45) is 0 Å². The highest BCUT2D eigenvalue weighted by atomic mass is 19.4. The summed E-state index contributed by atoms with van der Waals surface area (Å²) in [5, 5.41) is 5.28. The minimum absolute atomic E-state index is 0.0908. The van der Waals surface area contributed by atoms with Gasteiger partial charge >= 0.3 is 6.18 Å². The van der Waals surface area contributed by atoms with E-state index >= 15 is 0 Å². The number of fused-ring (bicyclic) bond motifs is 1. The fourth-order valence-corrected chi connectivity index (χ4v) is 2.98. The van der Waals surface area contributed by atoms with E-state index in [9.17, 15) is 31.9 Å². The Morgan fingerprint density at radius 3 is 2.38 bits per heavy atom. The van der Waals surface area contributed by atoms with Gasteiger partial charge in [-0.2, -0.15) is 18.3 Å². The lowest BCUT2D eigenvalue weighted by Crippen LogP contribution is -2.24. The minimum atomic E-state index is -4.69. The van der Waals surface area contributed by atoms with Gasteiger partial charge < -0.3 is 5.73 Å². The molecule has 0 fully saturated rings. The van der Waals surface area contributed by atoms with E-state index in [4.69, 9.17) is 5.73 Å². The molecule has 0 spiro atoms. The van der Waals surface area contributed by atoms with Gasteiger partial charge in [0, 0.05) is 18.3 Å². The maximum Gasteiger partial charge on any atom is 0.435 e. The highest BCUT2D eigenvalue weighted by molar-refractivity contribution is 6.23. The first-order valence-electron chi connectivity index (χ1n) is 7.92. The number of nitrogens with two attached hydrogens (primary N) is 1. The third-order valence-corrected chi connectivity index (χ3v) is 4.27. The number of imide groups is 1. The second kappa shape index (κ2) is 6.02. The third-order valence-electron chi connectivity index (χ3n) is 4.27. The maximum atomic E-state index is 14.6. The number of pyridine rings is 1. The number of halogens is 4. The molecule has 3 N–H and O–H groups in total. The zero-order valence-corrected chi connectivity index (χ0v) is 14.1. The molecule has 2 amide bonds. The lowest BCUT2D eigenvalue weighted by molar-refractivity contribution is -0.141. The van der Waals surface area contributed by atoms with E-state index in [1.54, 1.807) is 0 Å². The average molecular weight is 407 g/mol. The van der Waals surface area contributed by atoms with Crippen molar-refractivity contribution >= 4 is 17.6 Å². The number of amides is 2. The first-order chi connectivity index (χ1) is 13.6. The largest absolute Gasteiger partial charge is 0.435 e. The van der Waals surface area contributed by atoms with Crippen LogP contribution in [0.15, 0.2) is 41.3 Å². The first-order valence-corrected chi connectivity index (χ1v) is 7.92. The molecule has 0 saturated heterocycles. The minimum Gasteiger partial charge on any atom is -0.384 e. The molecule has 4 rings (SSSR count). The second-order valence-corrected chi connectivity index (χ2v) is 6.05. The molecule has 148 valence electrons. The number of hydrogen-bond acceptors (Lipinski definition) is 5. The van der Waals surface area contributed by atoms with Crippen LogP contribution in [-0.4, -0.2) is 26.2 Å². The summed E-state index contributed by atoms with van der Waals surface area (Å²) in [5.74, 6) is -2.95. The highest BCUT2D eigenvalue weighted by Crippen LogP contribution is 2.29. The van der Waals surface area contributed by atoms with E-state index in [-0.39, 0.29) is 28.3 Å². The molecular formula is C17H9F4N5O3. The van der Waals surface area contributed by atoms with E-state index in [1.165, 1.54) is 6.07 Å². The molecule has 1 aliphatic heterocycles. The van der Waals surface area contributed by atoms with Gasteiger partial charge in [-0.3, -0.25) is 24.3 Å². The zero-order chi connectivity index (χ0) is 21.1. The first kappa shape index (κ1) is 18.4. The molecule has 1 aliphatic rings. The molecule has 0 bridgehead atoms. The van der Waals surface area contributed by atoms with Crippen LogP contribution in [0.2, 0.25) is 0 Å². The van der Waals surface area contributed by atoms with Crippen molar-refractivity contribution in [3.05, 3.63) is 69.5 Å². The van der Waals surface area contributed by atoms with Crippen LogP contribution in [0, 0.1) is 5.82 Å². The van der Waals surface area contributed by atoms with E-state index in [1.807, 2.05) is 5.32 Å². The molecule has 0 radical (unpaired) electrons. The summed E-state index contributed by atoms with van der Waals surface area (Å²) in [7, 11) is 0. The molecule has 3 aromatic rings. The van der Waals surface area contributed by atoms with Crippen LogP contribution < -0.4 is 16.6 Å². The van der Waals surface area contributed by atoms with Gasteiger partial charge in [-0.25, -0.2) is 9.07 Å². The van der Waals surface area contributed by atoms with Gasteiger partial charge in [-0.05, 0) is 18.2 Å². The number of rotatable bonds is 2. The van der Waals surface area contributed by atoms with Crippen LogP contribution in [0.1, 0.15) is 26.4 Å². The Balaban J connectivity index is 1.81. The number of hydrogen-bond donors (Lipinski definition) is 2. The van der Waals surface area contributed by atoms with Gasteiger partial charge in [0.1, 0.15) is 11.5 Å². The van der Waals surface area contributed by atoms with Gasteiger partial charge in [0.15, 0.2) is 11.5 Å². The number of alkyl halides is 3. The number of aromatic nitrogens is 3. The molecule has 8 nitrogen and oxygen atoms in total. The normalized spacial score (nSPS) is 13.5. The Morgan fingerprint density at radius 1 is 1.03 bits per heavy atom. The average Bonchev–Trinajstić information content (AvgIpc) is 3.20. The van der Waals surface area contributed by atoms with Crippen molar-refractivity contribution in [3.8, 4) is 11.4 Å². The van der Waals surface area contributed by atoms with Crippen molar-refractivity contribution in [1.29, 1.82) is 0 Å². The summed E-state index contributed by atoms with van der Waals surface area (Å²) in [6.07, 6.45) is -3.75. The van der Waals surface area contributed by atoms with Crippen LogP contribution in [0.4, 0.5) is 23.4 Å². The molecule has 0 aliphatic carbocycles. The van der Waals surface area contributed by atoms with E-state index in [2.05, 4.69) is 5.10 Å². The van der Waals surface area contributed by atoms with Crippen molar-refractivity contribution in [2.45, 2.75) is 6.18 Å². The lowest BCUT2D eigenvalue weighted by atomic mass is 10.1. The van der Waals surface area contributed by atoms with Crippen LogP contribution in [0.5, 0.6) is 0 Å². The zero-order valence-electron chi connectivity index (χ0n) is 14.1. The molecular weight excluding hydrogens is 398 g/mol. The summed E-state index contributed by atoms with van der Waals surface area (Å²) in [5.41, 5.74) is 3.06. The molecule has 0 saturated carbocycles. The van der Waals surface area contributed by atoms with Crippen molar-refractivity contribution < 1.29 is 27.2 Å². The number of benzene rings is 1. The Hall–Kier alpha value is -3.96. The molecule has 2 aromatic heterocycles. The second-order valence-electron chi connectivity index (χ2n) is 6.05. The van der Waals surface area contributed by atoms with Gasteiger partial charge in [-0.15, -0.1) is 0 Å². The Labute approximate surface area is 158 Å². The summed E-state index contributed by atoms with van der Waals surface area (Å²) >= 11 is 0. The molecule has 29 heavy (non-hydrogen) atoms. The summed E-state index contributed by atoms with van der Waals surface area (Å²) in [4.78, 5) is 35.9. The van der Waals surface area contributed by atoms with Crippen molar-refractivity contribution in [1.82, 2.24) is 19.7 Å². The van der Waals surface area contributed by atoms with Crippen LogP contribution in [0.25, 0.3) is 11.4 Å². The molecule has 1 aromatic carbocycles. The fourth-order valence-electron chi connectivity index (χ4n) is 2.98. The Kier molecular flexibility index (Phi) is 3.82. The topological polar surface area (TPSA) is 112 Å². The van der Waals surface area contributed by atoms with Gasteiger partial charge in [0.05, 0.1) is 16.8 Å². The SMILES string of the molecule is Nc1c2c(cc(=O)n1-c1ccc(-n3ccc(C(F)(F)F)n3)c(F)c1)C(=O)NC2=O. The van der Waals surface area contributed by atoms with E-state index in [0.29, 0.717) is 10.7 Å². The maximum absolute atomic E-state index is 14.6. The van der Waals surface area contributed by atoms with Gasteiger partial charge in [0.2, 0.25) is 0 Å². The fraction of sp³-hybridized carbons (Fsp3) is 0.0588. The van der Waals surface area contributed by atoms with E-state index < -0.39 is 35.1 Å². The van der Waals surface area contributed by atoms with Crippen LogP contribution in [-0.2, 0) is 6.18 Å². The molecule has 3 heterocycles. The number of anilines is 1. The van der Waals surface area contributed by atoms with E-state index in [0.717, 1.165) is 29.0 Å². The quantitative estimate of drug-likeness (QED) is 0.496. The number of carbonyl (C=O) groups is 2. The Bertz CT molecular complexity index is 1260. The van der Waals surface area contributed by atoms with Crippen LogP contribution in [0.3, 0.4) is 0 Å². The third kappa shape index (κ3) is 2.85. The predicted molar refractivity (Wildman–Crippen MR) is 90.3 cm³/mol. The number of nitrogen functional groups attached to an aromatic ring is 1. The summed E-state index contributed by atoms with van der Waals surface area (Å²) in [6, 6.07) is 4.74. The molecule has 12 heteroatoms. The molecule has 0 atom stereocenters. The smallest absolute Gasteiger partial charge is 0.384 e. The standard InChI is InChI=1S/C17H9F4N5O3/c18-9-5-7(1-2-10(9)25-4-3-11(24-25)17(19,20)21)26-12(27)6-8-13(14(26)22)16(29)23-15(8)28/h1-6H,22H2,(H,23,28,29). The van der Waals surface area contributed by atoms with Gasteiger partial charge in [0.25, 0.3) is 17.4 Å². The number of carbonyl (C=O) groups excluding carboxylic acids is 2. The summed E-state index contributed by atoms with van der Waals surface area (Å²) < 4.78 is 54.1. The van der Waals surface area contributed by atoms with Crippen molar-refractivity contribution in [3.63, 3.8) is 0 Å². The Morgan fingerprint density at radius 2 is 1.76 bits per heavy atom. The summed E-state index contributed by atoms with van der Waals surface area (Å²) in [6.45, 7) is 0. The highest BCUT2D eigenvalue weighted by Gasteiger charge is 2.34. The number of nitrogens with one attached hydrogen (secondary N) is 1. The van der Waals surface area contributed by atoms with Gasteiger partial charge in [-0.1, -0.05) is 0 Å². The number of nitrogens with zero attached hydrogens (tertiary/aromatic N) is 3.